The highest BCUT2D eigenvalue weighted by molar-refractivity contribution is 5.74. The molecule has 2 aromatic rings. The largest absolute Gasteiger partial charge is 0.481 e. The third-order valence-electron chi connectivity index (χ3n) is 3.43. The van der Waals surface area contributed by atoms with Crippen LogP contribution < -0.4 is 0 Å². The van der Waals surface area contributed by atoms with Gasteiger partial charge in [-0.1, -0.05) is 6.92 Å². The standard InChI is InChI=1S/C13H15FN4O2/c1-3-13(2,12(19)20)8-18-11(15-16-17-18)9-4-6-10(14)7-5-9/h4-7H,3,8H2,1-2H3,(H,19,20). The third kappa shape index (κ3) is 2.66. The molecule has 7 heteroatoms. The minimum Gasteiger partial charge on any atom is -0.481 e. The molecule has 0 aliphatic rings. The Kier molecular flexibility index (Phi) is 3.78. The number of carboxylic acid groups (broad SMARTS) is 1. The molecule has 1 heterocycles. The second kappa shape index (κ2) is 5.36. The zero-order valence-corrected chi connectivity index (χ0v) is 11.2. The average molecular weight is 278 g/mol. The number of benzene rings is 1. The normalized spacial score (nSPS) is 13.9. The van der Waals surface area contributed by atoms with E-state index in [0.717, 1.165) is 0 Å². The molecular weight excluding hydrogens is 263 g/mol. The van der Waals surface area contributed by atoms with E-state index in [-0.39, 0.29) is 12.4 Å². The SMILES string of the molecule is CCC(C)(Cn1nnnc1-c1ccc(F)cc1)C(=O)O. The Morgan fingerprint density at radius 2 is 2.05 bits per heavy atom. The molecule has 0 aliphatic heterocycles. The molecule has 1 unspecified atom stereocenters. The zero-order valence-electron chi connectivity index (χ0n) is 11.2. The molecule has 0 aliphatic carbocycles. The molecule has 20 heavy (non-hydrogen) atoms. The van der Waals surface area contributed by atoms with Crippen LogP contribution >= 0.6 is 0 Å². The summed E-state index contributed by atoms with van der Waals surface area (Å²) in [6, 6.07) is 5.73. The van der Waals surface area contributed by atoms with Crippen LogP contribution in [0.25, 0.3) is 11.4 Å². The van der Waals surface area contributed by atoms with Gasteiger partial charge in [0.15, 0.2) is 5.82 Å². The lowest BCUT2D eigenvalue weighted by Gasteiger charge is -2.22. The van der Waals surface area contributed by atoms with Gasteiger partial charge in [-0.25, -0.2) is 9.07 Å². The Morgan fingerprint density at radius 3 is 2.60 bits per heavy atom. The molecule has 0 saturated carbocycles. The number of nitrogens with zero attached hydrogens (tertiary/aromatic N) is 4. The molecule has 0 amide bonds. The highest BCUT2D eigenvalue weighted by Gasteiger charge is 2.33. The number of halogens is 1. The number of carboxylic acids is 1. The molecule has 106 valence electrons. The Labute approximate surface area is 115 Å². The van der Waals surface area contributed by atoms with Gasteiger partial charge in [-0.15, -0.1) is 5.10 Å². The van der Waals surface area contributed by atoms with Gasteiger partial charge in [0.25, 0.3) is 0 Å². The van der Waals surface area contributed by atoms with Gasteiger partial charge in [-0.2, -0.15) is 0 Å². The highest BCUT2D eigenvalue weighted by Crippen LogP contribution is 2.26. The van der Waals surface area contributed by atoms with Gasteiger partial charge in [0.2, 0.25) is 0 Å². The van der Waals surface area contributed by atoms with E-state index in [1.807, 2.05) is 0 Å². The van der Waals surface area contributed by atoms with Crippen molar-refractivity contribution >= 4 is 5.97 Å². The van der Waals surface area contributed by atoms with Gasteiger partial charge in [0.1, 0.15) is 5.82 Å². The number of tetrazole rings is 1. The van der Waals surface area contributed by atoms with Gasteiger partial charge in [-0.3, -0.25) is 4.79 Å². The third-order valence-corrected chi connectivity index (χ3v) is 3.43. The van der Waals surface area contributed by atoms with Crippen molar-refractivity contribution in [3.63, 3.8) is 0 Å². The van der Waals surface area contributed by atoms with Crippen LogP contribution in [-0.4, -0.2) is 31.3 Å². The number of hydrogen-bond donors (Lipinski definition) is 1. The lowest BCUT2D eigenvalue weighted by molar-refractivity contribution is -0.149. The first-order valence-electron chi connectivity index (χ1n) is 6.22. The van der Waals surface area contributed by atoms with E-state index >= 15 is 0 Å². The van der Waals surface area contributed by atoms with Crippen molar-refractivity contribution in [3.05, 3.63) is 30.1 Å². The number of carbonyl (C=O) groups is 1. The Morgan fingerprint density at radius 1 is 1.40 bits per heavy atom. The fourth-order valence-corrected chi connectivity index (χ4v) is 1.78. The van der Waals surface area contributed by atoms with E-state index in [2.05, 4.69) is 15.5 Å². The van der Waals surface area contributed by atoms with E-state index in [9.17, 15) is 14.3 Å². The lowest BCUT2D eigenvalue weighted by Crippen LogP contribution is -2.32. The summed E-state index contributed by atoms with van der Waals surface area (Å²) in [5.74, 6) is -0.830. The molecule has 1 N–H and O–H groups in total. The average Bonchev–Trinajstić information content (AvgIpc) is 2.87. The molecule has 0 fully saturated rings. The van der Waals surface area contributed by atoms with E-state index in [4.69, 9.17) is 0 Å². The summed E-state index contributed by atoms with van der Waals surface area (Å²) in [7, 11) is 0. The molecule has 2 rings (SSSR count). The molecule has 0 saturated heterocycles. The minimum atomic E-state index is -0.954. The van der Waals surface area contributed by atoms with E-state index in [1.54, 1.807) is 26.0 Å². The Bertz CT molecular complexity index is 611. The van der Waals surface area contributed by atoms with Gasteiger partial charge in [-0.05, 0) is 48.0 Å². The summed E-state index contributed by atoms with van der Waals surface area (Å²) in [5, 5.41) is 20.6. The summed E-state index contributed by atoms with van der Waals surface area (Å²) in [5.41, 5.74) is -0.315. The van der Waals surface area contributed by atoms with Crippen LogP contribution in [0.15, 0.2) is 24.3 Å². The molecule has 0 bridgehead atoms. The topological polar surface area (TPSA) is 80.9 Å². The van der Waals surface area contributed by atoms with Crippen molar-refractivity contribution < 1.29 is 14.3 Å². The fourth-order valence-electron chi connectivity index (χ4n) is 1.78. The quantitative estimate of drug-likeness (QED) is 0.904. The fraction of sp³-hybridized carbons (Fsp3) is 0.385. The summed E-state index contributed by atoms with van der Waals surface area (Å²) in [4.78, 5) is 11.3. The predicted octanol–water partition coefficient (Wildman–Crippen LogP) is 1.98. The summed E-state index contributed by atoms with van der Waals surface area (Å²) in [6.07, 6.45) is 0.449. The number of hydrogen-bond acceptors (Lipinski definition) is 4. The van der Waals surface area contributed by atoms with Gasteiger partial charge < -0.3 is 5.11 Å². The molecule has 6 nitrogen and oxygen atoms in total. The first-order chi connectivity index (χ1) is 9.46. The van der Waals surface area contributed by atoms with E-state index < -0.39 is 11.4 Å². The van der Waals surface area contributed by atoms with Crippen LogP contribution in [0.3, 0.4) is 0 Å². The maximum Gasteiger partial charge on any atom is 0.311 e. The second-order valence-corrected chi connectivity index (χ2v) is 4.89. The number of rotatable bonds is 5. The van der Waals surface area contributed by atoms with Crippen LogP contribution in [0.5, 0.6) is 0 Å². The first kappa shape index (κ1) is 14.1. The maximum absolute atomic E-state index is 12.9. The smallest absolute Gasteiger partial charge is 0.311 e. The van der Waals surface area contributed by atoms with Gasteiger partial charge >= 0.3 is 5.97 Å². The van der Waals surface area contributed by atoms with Crippen LogP contribution in [0, 0.1) is 11.2 Å². The molecule has 1 aromatic carbocycles. The van der Waals surface area contributed by atoms with Crippen molar-refractivity contribution in [2.45, 2.75) is 26.8 Å². The predicted molar refractivity (Wildman–Crippen MR) is 69.2 cm³/mol. The zero-order chi connectivity index (χ0) is 14.8. The van der Waals surface area contributed by atoms with Crippen molar-refractivity contribution in [1.82, 2.24) is 20.2 Å². The molecule has 0 spiro atoms. The maximum atomic E-state index is 12.9. The van der Waals surface area contributed by atoms with Crippen LogP contribution in [0.4, 0.5) is 4.39 Å². The van der Waals surface area contributed by atoms with Crippen LogP contribution in [0.2, 0.25) is 0 Å². The van der Waals surface area contributed by atoms with Crippen LogP contribution in [0.1, 0.15) is 20.3 Å². The van der Waals surface area contributed by atoms with Crippen molar-refractivity contribution in [1.29, 1.82) is 0 Å². The van der Waals surface area contributed by atoms with E-state index in [1.165, 1.54) is 16.8 Å². The molecule has 1 atom stereocenters. The lowest BCUT2D eigenvalue weighted by atomic mass is 9.88. The van der Waals surface area contributed by atoms with Gasteiger partial charge in [0.05, 0.1) is 12.0 Å². The molecular formula is C13H15FN4O2. The monoisotopic (exact) mass is 278 g/mol. The second-order valence-electron chi connectivity index (χ2n) is 4.89. The Hall–Kier alpha value is -2.31. The van der Waals surface area contributed by atoms with Crippen molar-refractivity contribution in [2.75, 3.05) is 0 Å². The highest BCUT2D eigenvalue weighted by atomic mass is 19.1. The minimum absolute atomic E-state index is 0.151. The van der Waals surface area contributed by atoms with E-state index in [0.29, 0.717) is 17.8 Å². The van der Waals surface area contributed by atoms with Crippen molar-refractivity contribution in [3.8, 4) is 11.4 Å². The van der Waals surface area contributed by atoms with Crippen LogP contribution in [-0.2, 0) is 11.3 Å². The Balaban J connectivity index is 2.34. The summed E-state index contributed by atoms with van der Waals surface area (Å²) < 4.78 is 14.4. The van der Waals surface area contributed by atoms with Crippen molar-refractivity contribution in [2.24, 2.45) is 5.41 Å². The molecule has 1 aromatic heterocycles. The summed E-state index contributed by atoms with van der Waals surface area (Å²) >= 11 is 0. The number of aliphatic carboxylic acids is 1. The number of aromatic nitrogens is 4. The summed E-state index contributed by atoms with van der Waals surface area (Å²) in [6.45, 7) is 3.60. The van der Waals surface area contributed by atoms with Gasteiger partial charge in [0, 0.05) is 5.56 Å². The molecule has 0 radical (unpaired) electrons. The first-order valence-corrected chi connectivity index (χ1v) is 6.22.